The van der Waals surface area contributed by atoms with Crippen LogP contribution in [0.4, 0.5) is 5.69 Å². The summed E-state index contributed by atoms with van der Waals surface area (Å²) in [4.78, 5) is 0.259. The number of nitrogens with one attached hydrogen (secondary N) is 2. The molecule has 0 aliphatic heterocycles. The molecule has 0 radical (unpaired) electrons. The predicted octanol–water partition coefficient (Wildman–Crippen LogP) is 2.58. The molecule has 0 amide bonds. The van der Waals surface area contributed by atoms with Crippen molar-refractivity contribution >= 4 is 15.7 Å². The van der Waals surface area contributed by atoms with Crippen molar-refractivity contribution in [3.8, 4) is 0 Å². The van der Waals surface area contributed by atoms with Crippen LogP contribution in [0.5, 0.6) is 0 Å². The number of sulfonamides is 1. The number of rotatable bonds is 6. The van der Waals surface area contributed by atoms with Gasteiger partial charge in [0.25, 0.3) is 0 Å². The van der Waals surface area contributed by atoms with Crippen LogP contribution in [0.3, 0.4) is 0 Å². The summed E-state index contributed by atoms with van der Waals surface area (Å²) >= 11 is 0. The van der Waals surface area contributed by atoms with Gasteiger partial charge < -0.3 is 9.73 Å². The topological polar surface area (TPSA) is 71.3 Å². The highest BCUT2D eigenvalue weighted by Gasteiger charge is 2.14. The van der Waals surface area contributed by atoms with Crippen LogP contribution in [0.25, 0.3) is 0 Å². The van der Waals surface area contributed by atoms with Crippen LogP contribution < -0.4 is 10.0 Å². The van der Waals surface area contributed by atoms with Crippen LogP contribution in [-0.4, -0.2) is 14.5 Å². The van der Waals surface area contributed by atoms with Gasteiger partial charge in [-0.1, -0.05) is 0 Å². The van der Waals surface area contributed by atoms with Crippen LogP contribution in [0.2, 0.25) is 0 Å². The molecule has 2 rings (SSSR count). The van der Waals surface area contributed by atoms with Gasteiger partial charge in [0.1, 0.15) is 5.76 Å². The van der Waals surface area contributed by atoms with E-state index in [1.807, 2.05) is 12.1 Å². The molecule has 6 heteroatoms. The minimum absolute atomic E-state index is 0.128. The molecule has 0 atom stereocenters. The Morgan fingerprint density at radius 3 is 2.40 bits per heavy atom. The van der Waals surface area contributed by atoms with Crippen molar-refractivity contribution in [1.29, 1.82) is 0 Å². The standard InChI is InChI=1S/C14H18N2O3S/c1-11(2)16-20(17,18)14-7-5-12(6-8-14)15-10-13-4-3-9-19-13/h3-9,11,15-16H,10H2,1-2H3. The van der Waals surface area contributed by atoms with Crippen molar-refractivity contribution in [2.75, 3.05) is 5.32 Å². The lowest BCUT2D eigenvalue weighted by Crippen LogP contribution is -2.30. The Kier molecular flexibility index (Phi) is 4.46. The first-order valence-electron chi connectivity index (χ1n) is 6.36. The van der Waals surface area contributed by atoms with Crippen LogP contribution >= 0.6 is 0 Å². The zero-order chi connectivity index (χ0) is 14.6. The SMILES string of the molecule is CC(C)NS(=O)(=O)c1ccc(NCc2ccco2)cc1. The Bertz CT molecular complexity index is 632. The molecule has 2 N–H and O–H groups in total. The summed E-state index contributed by atoms with van der Waals surface area (Å²) in [6.45, 7) is 4.14. The lowest BCUT2D eigenvalue weighted by Gasteiger charge is -2.10. The van der Waals surface area contributed by atoms with Gasteiger partial charge in [-0.3, -0.25) is 0 Å². The molecule has 0 saturated carbocycles. The van der Waals surface area contributed by atoms with E-state index in [0.717, 1.165) is 11.4 Å². The fourth-order valence-corrected chi connectivity index (χ4v) is 2.98. The minimum atomic E-state index is -3.43. The minimum Gasteiger partial charge on any atom is -0.467 e. The molecule has 5 nitrogen and oxygen atoms in total. The van der Waals surface area contributed by atoms with Crippen molar-refractivity contribution in [2.24, 2.45) is 0 Å². The summed E-state index contributed by atoms with van der Waals surface area (Å²) in [6, 6.07) is 10.2. The molecular formula is C14H18N2O3S. The zero-order valence-electron chi connectivity index (χ0n) is 11.5. The predicted molar refractivity (Wildman–Crippen MR) is 77.9 cm³/mol. The summed E-state index contributed by atoms with van der Waals surface area (Å²) in [5.74, 6) is 0.822. The Hall–Kier alpha value is -1.79. The first kappa shape index (κ1) is 14.6. The molecule has 1 heterocycles. The Labute approximate surface area is 119 Å². The van der Waals surface area contributed by atoms with Gasteiger partial charge >= 0.3 is 0 Å². The second kappa shape index (κ2) is 6.11. The van der Waals surface area contributed by atoms with E-state index < -0.39 is 10.0 Å². The van der Waals surface area contributed by atoms with Crippen molar-refractivity contribution in [3.05, 3.63) is 48.4 Å². The second-order valence-corrected chi connectivity index (χ2v) is 6.45. The van der Waals surface area contributed by atoms with E-state index in [0.29, 0.717) is 6.54 Å². The zero-order valence-corrected chi connectivity index (χ0v) is 12.3. The van der Waals surface area contributed by atoms with E-state index in [2.05, 4.69) is 10.0 Å². The van der Waals surface area contributed by atoms with Gasteiger partial charge in [-0.05, 0) is 50.2 Å². The first-order valence-corrected chi connectivity index (χ1v) is 7.84. The molecule has 0 fully saturated rings. The fraction of sp³-hybridized carbons (Fsp3) is 0.286. The molecule has 20 heavy (non-hydrogen) atoms. The van der Waals surface area contributed by atoms with E-state index >= 15 is 0 Å². The van der Waals surface area contributed by atoms with Gasteiger partial charge in [0.05, 0.1) is 17.7 Å². The van der Waals surface area contributed by atoms with Crippen LogP contribution in [0.15, 0.2) is 52.0 Å². The summed E-state index contributed by atoms with van der Waals surface area (Å²) in [5, 5.41) is 3.16. The average Bonchev–Trinajstić information content (AvgIpc) is 2.88. The Morgan fingerprint density at radius 2 is 1.85 bits per heavy atom. The lowest BCUT2D eigenvalue weighted by molar-refractivity contribution is 0.518. The number of anilines is 1. The summed E-state index contributed by atoms with van der Waals surface area (Å²) in [6.07, 6.45) is 1.62. The average molecular weight is 294 g/mol. The third-order valence-corrected chi connectivity index (χ3v) is 4.28. The van der Waals surface area contributed by atoms with E-state index in [1.165, 1.54) is 0 Å². The van der Waals surface area contributed by atoms with Gasteiger partial charge in [0.15, 0.2) is 0 Å². The van der Waals surface area contributed by atoms with Gasteiger partial charge in [-0.15, -0.1) is 0 Å². The van der Waals surface area contributed by atoms with Crippen molar-refractivity contribution < 1.29 is 12.8 Å². The highest BCUT2D eigenvalue weighted by Crippen LogP contribution is 2.15. The highest BCUT2D eigenvalue weighted by atomic mass is 32.2. The summed E-state index contributed by atoms with van der Waals surface area (Å²) < 4.78 is 31.7. The Morgan fingerprint density at radius 1 is 1.15 bits per heavy atom. The number of hydrogen-bond donors (Lipinski definition) is 2. The molecule has 2 aromatic rings. The first-order chi connectivity index (χ1) is 9.47. The fourth-order valence-electron chi connectivity index (χ4n) is 1.73. The maximum absolute atomic E-state index is 12.0. The smallest absolute Gasteiger partial charge is 0.240 e. The molecule has 0 saturated heterocycles. The highest BCUT2D eigenvalue weighted by molar-refractivity contribution is 7.89. The third kappa shape index (κ3) is 3.85. The summed E-state index contributed by atoms with van der Waals surface area (Å²) in [7, 11) is -3.43. The molecule has 0 bridgehead atoms. The number of hydrogen-bond acceptors (Lipinski definition) is 4. The van der Waals surface area contributed by atoms with E-state index in [9.17, 15) is 8.42 Å². The molecule has 1 aromatic carbocycles. The summed E-state index contributed by atoms with van der Waals surface area (Å²) in [5.41, 5.74) is 0.838. The lowest BCUT2D eigenvalue weighted by atomic mass is 10.3. The maximum atomic E-state index is 12.0. The van der Waals surface area contributed by atoms with Crippen molar-refractivity contribution in [3.63, 3.8) is 0 Å². The molecule has 0 aliphatic rings. The molecular weight excluding hydrogens is 276 g/mol. The monoisotopic (exact) mass is 294 g/mol. The van der Waals surface area contributed by atoms with E-state index in [4.69, 9.17) is 4.42 Å². The number of benzene rings is 1. The Balaban J connectivity index is 2.02. The van der Waals surface area contributed by atoms with Gasteiger partial charge in [-0.25, -0.2) is 13.1 Å². The molecule has 0 aliphatic carbocycles. The second-order valence-electron chi connectivity index (χ2n) is 4.73. The molecule has 0 unspecified atom stereocenters. The molecule has 108 valence electrons. The molecule has 0 spiro atoms. The number of furan rings is 1. The molecule has 1 aromatic heterocycles. The van der Waals surface area contributed by atoms with Gasteiger partial charge in [0.2, 0.25) is 10.0 Å². The quantitative estimate of drug-likeness (QED) is 0.859. The third-order valence-electron chi connectivity index (χ3n) is 2.60. The van der Waals surface area contributed by atoms with E-state index in [1.54, 1.807) is 44.4 Å². The van der Waals surface area contributed by atoms with Crippen LogP contribution in [-0.2, 0) is 16.6 Å². The normalized spacial score (nSPS) is 11.8. The van der Waals surface area contributed by atoms with Crippen molar-refractivity contribution in [1.82, 2.24) is 4.72 Å². The van der Waals surface area contributed by atoms with Crippen molar-refractivity contribution in [2.45, 2.75) is 31.3 Å². The van der Waals surface area contributed by atoms with Crippen LogP contribution in [0.1, 0.15) is 19.6 Å². The van der Waals surface area contributed by atoms with Crippen LogP contribution in [0, 0.1) is 0 Å². The van der Waals surface area contributed by atoms with Gasteiger partial charge in [0, 0.05) is 11.7 Å². The van der Waals surface area contributed by atoms with Gasteiger partial charge in [-0.2, -0.15) is 0 Å². The van der Waals surface area contributed by atoms with E-state index in [-0.39, 0.29) is 10.9 Å². The maximum Gasteiger partial charge on any atom is 0.240 e. The largest absolute Gasteiger partial charge is 0.467 e.